The molecule has 4 aliphatic carbocycles. The van der Waals surface area contributed by atoms with Gasteiger partial charge in [0.2, 0.25) is 0 Å². The van der Waals surface area contributed by atoms with Crippen molar-refractivity contribution in [3.8, 4) is 0 Å². The average molecular weight is 348 g/mol. The maximum absolute atomic E-state index is 12.4. The quantitative estimate of drug-likeness (QED) is 0.577. The smallest absolute Gasteiger partial charge is 0.333 e. The minimum absolute atomic E-state index is 0.0989. The van der Waals surface area contributed by atoms with Gasteiger partial charge in [0.1, 0.15) is 18.3 Å². The van der Waals surface area contributed by atoms with E-state index in [-0.39, 0.29) is 29.6 Å². The molecule has 5 nitrogen and oxygen atoms in total. The SMILES string of the molecule is C=C(C)C(=O)OC12CC3CC(CC(OC4COC(=O)C4)(C3)C1C)C2C. The molecule has 0 aromatic heterocycles. The zero-order valence-electron chi connectivity index (χ0n) is 15.4. The number of hydrogen-bond donors (Lipinski definition) is 0. The van der Waals surface area contributed by atoms with Gasteiger partial charge in [0.05, 0.1) is 12.0 Å². The third-order valence-corrected chi connectivity index (χ3v) is 7.34. The molecule has 0 spiro atoms. The van der Waals surface area contributed by atoms with E-state index in [1.54, 1.807) is 6.92 Å². The van der Waals surface area contributed by atoms with E-state index in [4.69, 9.17) is 14.2 Å². The summed E-state index contributed by atoms with van der Waals surface area (Å²) in [5, 5.41) is 0. The lowest BCUT2D eigenvalue weighted by Crippen LogP contribution is -2.71. The van der Waals surface area contributed by atoms with Crippen LogP contribution in [0.25, 0.3) is 0 Å². The Hall–Kier alpha value is -1.36. The Balaban J connectivity index is 1.65. The molecule has 0 aromatic rings. The van der Waals surface area contributed by atoms with Gasteiger partial charge in [-0.25, -0.2) is 4.79 Å². The highest BCUT2D eigenvalue weighted by atomic mass is 16.6. The molecule has 4 saturated carbocycles. The molecule has 1 aliphatic heterocycles. The summed E-state index contributed by atoms with van der Waals surface area (Å²) in [6, 6.07) is 0. The Morgan fingerprint density at radius 1 is 1.28 bits per heavy atom. The van der Waals surface area contributed by atoms with E-state index in [1.807, 2.05) is 0 Å². The molecule has 7 atom stereocenters. The van der Waals surface area contributed by atoms with Crippen LogP contribution in [0.15, 0.2) is 12.2 Å². The maximum atomic E-state index is 12.4. The molecule has 0 radical (unpaired) electrons. The Morgan fingerprint density at radius 2 is 2.04 bits per heavy atom. The van der Waals surface area contributed by atoms with Crippen LogP contribution in [0.4, 0.5) is 0 Å². The molecule has 0 N–H and O–H groups in total. The third kappa shape index (κ3) is 2.46. The second-order valence-electron chi connectivity index (χ2n) is 8.80. The van der Waals surface area contributed by atoms with Crippen LogP contribution in [-0.2, 0) is 23.8 Å². The van der Waals surface area contributed by atoms with Gasteiger partial charge >= 0.3 is 11.9 Å². The minimum atomic E-state index is -0.483. The van der Waals surface area contributed by atoms with Gasteiger partial charge in [0, 0.05) is 11.5 Å². The van der Waals surface area contributed by atoms with Gasteiger partial charge in [0.15, 0.2) is 0 Å². The fourth-order valence-electron chi connectivity index (χ4n) is 6.13. The van der Waals surface area contributed by atoms with E-state index in [2.05, 4.69) is 20.4 Å². The van der Waals surface area contributed by atoms with Crippen molar-refractivity contribution in [1.82, 2.24) is 0 Å². The Bertz CT molecular complexity index is 628. The van der Waals surface area contributed by atoms with Crippen LogP contribution in [0.5, 0.6) is 0 Å². The van der Waals surface area contributed by atoms with Crippen LogP contribution in [0.3, 0.4) is 0 Å². The number of hydrogen-bond acceptors (Lipinski definition) is 5. The molecule has 138 valence electrons. The highest BCUT2D eigenvalue weighted by Crippen LogP contribution is 2.65. The molecule has 7 unspecified atom stereocenters. The summed E-state index contributed by atoms with van der Waals surface area (Å²) in [6.45, 7) is 10.2. The first-order valence-corrected chi connectivity index (χ1v) is 9.48. The summed E-state index contributed by atoms with van der Waals surface area (Å²) in [6.07, 6.45) is 4.24. The largest absolute Gasteiger partial charge is 0.463 e. The zero-order chi connectivity index (χ0) is 18.0. The summed E-state index contributed by atoms with van der Waals surface area (Å²) < 4.78 is 17.8. The molecule has 4 bridgehead atoms. The highest BCUT2D eigenvalue weighted by Gasteiger charge is 2.68. The van der Waals surface area contributed by atoms with Gasteiger partial charge in [-0.1, -0.05) is 20.4 Å². The van der Waals surface area contributed by atoms with Crippen molar-refractivity contribution in [2.75, 3.05) is 6.61 Å². The lowest BCUT2D eigenvalue weighted by molar-refractivity contribution is -0.295. The first-order chi connectivity index (χ1) is 11.8. The standard InChI is InChI=1S/C20H28O5/c1-11(2)18(22)25-20-8-14-5-15(12(20)3)9-19(7-14,13(20)4)24-16-6-17(21)23-10-16/h12-16H,1,5-10H2,2-4H3. The van der Waals surface area contributed by atoms with E-state index in [1.165, 1.54) is 6.42 Å². The van der Waals surface area contributed by atoms with Crippen LogP contribution in [-0.4, -0.2) is 35.9 Å². The summed E-state index contributed by atoms with van der Waals surface area (Å²) in [5.74, 6) is 0.957. The van der Waals surface area contributed by atoms with Crippen LogP contribution in [0.1, 0.15) is 52.9 Å². The lowest BCUT2D eigenvalue weighted by Gasteiger charge is -2.67. The zero-order valence-corrected chi connectivity index (χ0v) is 15.4. The molecule has 25 heavy (non-hydrogen) atoms. The number of cyclic esters (lactones) is 1. The monoisotopic (exact) mass is 348 g/mol. The van der Waals surface area contributed by atoms with Gasteiger partial charge in [0.25, 0.3) is 0 Å². The molecule has 1 heterocycles. The summed E-state index contributed by atoms with van der Waals surface area (Å²) in [7, 11) is 0. The molecule has 5 aliphatic rings. The Morgan fingerprint density at radius 3 is 2.68 bits per heavy atom. The van der Waals surface area contributed by atoms with E-state index >= 15 is 0 Å². The summed E-state index contributed by atoms with van der Waals surface area (Å²) in [4.78, 5) is 23.9. The van der Waals surface area contributed by atoms with Crippen molar-refractivity contribution in [2.45, 2.75) is 70.2 Å². The van der Waals surface area contributed by atoms with Gasteiger partial charge < -0.3 is 14.2 Å². The summed E-state index contributed by atoms with van der Waals surface area (Å²) >= 11 is 0. The van der Waals surface area contributed by atoms with Crippen molar-refractivity contribution < 1.29 is 23.8 Å². The fraction of sp³-hybridized carbons (Fsp3) is 0.800. The van der Waals surface area contributed by atoms with E-state index < -0.39 is 5.60 Å². The normalized spacial score (nSPS) is 47.6. The molecule has 0 amide bonds. The van der Waals surface area contributed by atoms with Crippen LogP contribution in [0.2, 0.25) is 0 Å². The topological polar surface area (TPSA) is 61.8 Å². The number of carbonyl (C=O) groups is 2. The first kappa shape index (κ1) is 17.1. The van der Waals surface area contributed by atoms with Crippen LogP contribution in [0, 0.1) is 23.7 Å². The van der Waals surface area contributed by atoms with Gasteiger partial charge in [-0.05, 0) is 50.4 Å². The molecule has 0 aromatic carbocycles. The van der Waals surface area contributed by atoms with Crippen LogP contribution < -0.4 is 0 Å². The third-order valence-electron chi connectivity index (χ3n) is 7.34. The number of ether oxygens (including phenoxy) is 3. The van der Waals surface area contributed by atoms with E-state index in [9.17, 15) is 9.59 Å². The number of esters is 2. The van der Waals surface area contributed by atoms with Crippen LogP contribution >= 0.6 is 0 Å². The lowest BCUT2D eigenvalue weighted by atomic mass is 9.44. The highest BCUT2D eigenvalue weighted by molar-refractivity contribution is 5.87. The molecular weight excluding hydrogens is 320 g/mol. The Labute approximate surface area is 149 Å². The second-order valence-corrected chi connectivity index (χ2v) is 8.80. The molecule has 1 saturated heterocycles. The second kappa shape index (κ2) is 5.57. The van der Waals surface area contributed by atoms with Crippen molar-refractivity contribution in [3.05, 3.63) is 12.2 Å². The van der Waals surface area contributed by atoms with Crippen molar-refractivity contribution in [1.29, 1.82) is 0 Å². The molecular formula is C20H28O5. The Kier molecular flexibility index (Phi) is 3.80. The minimum Gasteiger partial charge on any atom is -0.463 e. The van der Waals surface area contributed by atoms with Gasteiger partial charge in [-0.3, -0.25) is 4.79 Å². The fourth-order valence-corrected chi connectivity index (χ4v) is 6.13. The van der Waals surface area contributed by atoms with Crippen molar-refractivity contribution >= 4 is 11.9 Å². The van der Waals surface area contributed by atoms with E-state index in [0.29, 0.717) is 36.4 Å². The first-order valence-electron chi connectivity index (χ1n) is 9.48. The van der Waals surface area contributed by atoms with Gasteiger partial charge in [-0.15, -0.1) is 0 Å². The van der Waals surface area contributed by atoms with Crippen molar-refractivity contribution in [3.63, 3.8) is 0 Å². The van der Waals surface area contributed by atoms with Crippen molar-refractivity contribution in [2.24, 2.45) is 23.7 Å². The predicted molar refractivity (Wildman–Crippen MR) is 90.6 cm³/mol. The average Bonchev–Trinajstić information content (AvgIpc) is 2.94. The maximum Gasteiger partial charge on any atom is 0.333 e. The molecule has 5 fully saturated rings. The summed E-state index contributed by atoms with van der Waals surface area (Å²) in [5.41, 5.74) is -0.351. The van der Waals surface area contributed by atoms with Gasteiger partial charge in [-0.2, -0.15) is 0 Å². The van der Waals surface area contributed by atoms with E-state index in [0.717, 1.165) is 19.3 Å². The molecule has 5 rings (SSSR count). The predicted octanol–water partition coefficient (Wildman–Crippen LogP) is 3.02. The number of rotatable bonds is 4. The number of carbonyl (C=O) groups excluding carboxylic acids is 2. The molecule has 5 heteroatoms.